The van der Waals surface area contributed by atoms with E-state index in [9.17, 15) is 9.90 Å². The number of benzene rings is 2. The van der Waals surface area contributed by atoms with Crippen molar-refractivity contribution in [1.82, 2.24) is 4.90 Å². The molecule has 25 heavy (non-hydrogen) atoms. The molecule has 3 nitrogen and oxygen atoms in total. The van der Waals surface area contributed by atoms with E-state index in [-0.39, 0.29) is 0 Å². The predicted molar refractivity (Wildman–Crippen MR) is 101 cm³/mol. The lowest BCUT2D eigenvalue weighted by Gasteiger charge is -2.40. The third-order valence-corrected chi connectivity index (χ3v) is 2.74. The van der Waals surface area contributed by atoms with E-state index >= 15 is 0 Å². The number of likely N-dealkylation sites (tertiary alicyclic amines) is 1. The fourth-order valence-corrected chi connectivity index (χ4v) is 1.62. The van der Waals surface area contributed by atoms with Crippen molar-refractivity contribution in [2.45, 2.75) is 50.0 Å². The zero-order chi connectivity index (χ0) is 40.6. The van der Waals surface area contributed by atoms with Crippen molar-refractivity contribution >= 4 is 5.78 Å². The number of aliphatic hydroxyl groups is 1. The van der Waals surface area contributed by atoms with Crippen LogP contribution in [-0.2, 0) is 0 Å². The van der Waals surface area contributed by atoms with E-state index in [1.807, 2.05) is 0 Å². The second kappa shape index (κ2) is 8.41. The van der Waals surface area contributed by atoms with E-state index in [4.69, 9.17) is 35.6 Å². The van der Waals surface area contributed by atoms with Crippen LogP contribution >= 0.6 is 0 Å². The molecule has 0 spiro atoms. The first-order valence-electron chi connectivity index (χ1n) is 19.6. The number of piperidine rings is 1. The number of hydrogen-bond acceptors (Lipinski definition) is 3. The van der Waals surface area contributed by atoms with Crippen molar-refractivity contribution in [3.8, 4) is 0 Å². The molecule has 0 unspecified atom stereocenters. The number of carbonyl (C=O) groups is 1. The number of rotatable bonds is 6. The second-order valence-electron chi connectivity index (χ2n) is 4.34. The zero-order valence-corrected chi connectivity index (χ0v) is 12.3. The van der Waals surface area contributed by atoms with Crippen molar-refractivity contribution in [3.05, 3.63) is 71.6 Å². The molecule has 0 aromatic heterocycles. The van der Waals surface area contributed by atoms with Gasteiger partial charge in [0.05, 0.1) is 21.2 Å². The van der Waals surface area contributed by atoms with Gasteiger partial charge in [-0.15, -0.1) is 0 Å². The van der Waals surface area contributed by atoms with Gasteiger partial charge in [0, 0.05) is 44.5 Å². The number of nitrogens with zero attached hydrogens (tertiary/aromatic N) is 1. The molecule has 1 aliphatic rings. The van der Waals surface area contributed by atoms with Gasteiger partial charge in [0.15, 0.2) is 5.78 Å². The summed E-state index contributed by atoms with van der Waals surface area (Å²) in [6.07, 6.45) is -28.6. The summed E-state index contributed by atoms with van der Waals surface area (Å²) in [5.74, 6) is -2.51. The molecule has 2 aromatic carbocycles. The van der Waals surface area contributed by atoms with Crippen LogP contribution in [0.4, 0.5) is 0 Å². The molecule has 1 heterocycles. The molecule has 1 fully saturated rings. The molecule has 3 heteroatoms. The zero-order valence-electron chi connectivity index (χ0n) is 38.3. The van der Waals surface area contributed by atoms with E-state index in [0.29, 0.717) is 0 Å². The number of Topliss-reactive ketones (excluding diaryl/α,β-unsaturated/α-hetero) is 1. The molecule has 132 valence electrons. The summed E-state index contributed by atoms with van der Waals surface area (Å²) in [4.78, 5) is 12.6. The van der Waals surface area contributed by atoms with Crippen molar-refractivity contribution in [1.29, 1.82) is 0 Å². The molecular formula is C22H27NO2. The highest BCUT2D eigenvalue weighted by atomic mass is 16.3. The Hall–Kier alpha value is -1.97. The largest absolute Gasteiger partial charge is 0.388 e. The average Bonchev–Trinajstić information content (AvgIpc) is 2.98. The quantitative estimate of drug-likeness (QED) is 0.781. The van der Waals surface area contributed by atoms with Crippen LogP contribution < -0.4 is 0 Å². The summed E-state index contributed by atoms with van der Waals surface area (Å²) in [6, 6.07) is -23.7. The molecule has 0 saturated carbocycles. The Morgan fingerprint density at radius 3 is 2.64 bits per heavy atom. The molecule has 0 amide bonds. The molecule has 3 atom stereocenters. The van der Waals surface area contributed by atoms with Crippen LogP contribution in [-0.4, -0.2) is 34.8 Å². The Morgan fingerprint density at radius 1 is 1.32 bits per heavy atom. The van der Waals surface area contributed by atoms with Crippen molar-refractivity contribution in [2.24, 2.45) is 0 Å². The van der Waals surface area contributed by atoms with Crippen molar-refractivity contribution in [2.75, 3.05) is 6.98 Å². The molecule has 0 aliphatic carbocycles. The van der Waals surface area contributed by atoms with E-state index in [1.165, 1.54) is 0 Å². The summed E-state index contributed by atoms with van der Waals surface area (Å²) >= 11 is 0. The van der Waals surface area contributed by atoms with Gasteiger partial charge in [0.1, 0.15) is 0 Å². The molecule has 3 rings (SSSR count). The minimum absolute atomic E-state index is 1.13. The highest BCUT2D eigenvalue weighted by Gasteiger charge is 2.30. The van der Waals surface area contributed by atoms with Crippen molar-refractivity contribution < 1.29 is 45.5 Å². The topological polar surface area (TPSA) is 40.5 Å². The smallest absolute Gasteiger partial charge is 0.164 e. The van der Waals surface area contributed by atoms with Gasteiger partial charge in [-0.2, -0.15) is 0 Å². The third kappa shape index (κ3) is 4.56. The summed E-state index contributed by atoms with van der Waals surface area (Å²) < 4.78 is 217. The summed E-state index contributed by atoms with van der Waals surface area (Å²) in [7, 11) is 0. The van der Waals surface area contributed by atoms with Gasteiger partial charge in [-0.3, -0.25) is 9.69 Å². The number of carbonyl (C=O) groups excluding carboxylic acids is 1. The Kier molecular flexibility index (Phi) is 1.44. The van der Waals surface area contributed by atoms with Crippen LogP contribution in [0.25, 0.3) is 0 Å². The van der Waals surface area contributed by atoms with Crippen LogP contribution in [0.15, 0.2) is 60.4 Å². The van der Waals surface area contributed by atoms with Gasteiger partial charge in [-0.25, -0.2) is 0 Å². The number of hydrogen-bond donors (Lipinski definition) is 1. The van der Waals surface area contributed by atoms with E-state index in [0.717, 1.165) is 0 Å². The summed E-state index contributed by atoms with van der Waals surface area (Å²) in [5, 5.41) is 11.4. The average molecular weight is 364 g/mol. The molecule has 1 aliphatic heterocycles. The van der Waals surface area contributed by atoms with Crippen LogP contribution in [0.5, 0.6) is 0 Å². The lowest BCUT2D eigenvalue weighted by molar-refractivity contribution is 0.0549. The minimum Gasteiger partial charge on any atom is -0.388 e. The standard InChI is InChI=1S/C22H27NO2/c1-23-19(15-21(24)17-9-4-2-5-10-17)13-8-14-20(23)16-22(25)18-11-6-3-7-12-18/h2-7,9-12,19-21,24H,8,13-16H2,1H3/t19-,20+,21-/m0/s1/i1D3,2D,3D,4D,5D,6D,7D,8D2,9D,10D,11D,12D,13D2,14D2,15D2,16D2,19D,20D,21D. The molecule has 1 saturated heterocycles. The first kappa shape index (κ1) is 4.29. The monoisotopic (exact) mass is 363 g/mol. The maximum Gasteiger partial charge on any atom is 0.164 e. The van der Waals surface area contributed by atoms with Crippen LogP contribution in [0, 0.1) is 0 Å². The molecule has 0 bridgehead atoms. The van der Waals surface area contributed by atoms with Crippen LogP contribution in [0.3, 0.4) is 0 Å². The normalized spacial score (nSPS) is 52.4. The Balaban J connectivity index is 2.66. The molecule has 0 radical (unpaired) electrons. The van der Waals surface area contributed by atoms with Gasteiger partial charge in [0.25, 0.3) is 0 Å². The van der Waals surface area contributed by atoms with Gasteiger partial charge < -0.3 is 5.11 Å². The maximum atomic E-state index is 13.9. The van der Waals surface area contributed by atoms with E-state index < -0.39 is 139 Å². The van der Waals surface area contributed by atoms with Gasteiger partial charge >= 0.3 is 0 Å². The third-order valence-electron chi connectivity index (χ3n) is 2.74. The minimum atomic E-state index is -5.06. The molecular weight excluding hydrogens is 310 g/mol. The fraction of sp³-hybridized carbons (Fsp3) is 0.409. The van der Waals surface area contributed by atoms with Crippen LogP contribution in [0.2, 0.25) is 0 Å². The van der Waals surface area contributed by atoms with Crippen LogP contribution in [0.1, 0.15) is 89.5 Å². The van der Waals surface area contributed by atoms with E-state index in [2.05, 4.69) is 0 Å². The second-order valence-corrected chi connectivity index (χ2v) is 4.34. The first-order chi connectivity index (χ1) is 22.4. The molecule has 1 N–H and O–H groups in total. The summed E-state index contributed by atoms with van der Waals surface area (Å²) in [6.45, 7) is -4.63. The summed E-state index contributed by atoms with van der Waals surface area (Å²) in [5.41, 5.74) is -3.43. The van der Waals surface area contributed by atoms with E-state index in [1.54, 1.807) is 0 Å². The maximum absolute atomic E-state index is 13.9. The van der Waals surface area contributed by atoms with Gasteiger partial charge in [0.2, 0.25) is 0 Å². The first-order valence-corrected chi connectivity index (χ1v) is 6.60. The molecule has 2 aromatic rings. The lowest BCUT2D eigenvalue weighted by atomic mass is 9.88. The SMILES string of the molecule is [2H]c1c([2H])c([2H])c(C(=O)C([2H])([2H])[C@]2([2H])N(C([2H])([2H])[2H])[C@]([2H])(C([2H])([2H])[C@]([2H])(O)c3c([2H])c([2H])c([2H])c([2H])c3[2H])C([2H])([2H])C([2H])([2H])C2([2H])[2H])c([2H])c1[2H]. The highest BCUT2D eigenvalue weighted by molar-refractivity contribution is 5.96. The lowest BCUT2D eigenvalue weighted by Crippen LogP contribution is -2.45. The number of ketones is 1. The fourth-order valence-electron chi connectivity index (χ4n) is 1.62. The van der Waals surface area contributed by atoms with Gasteiger partial charge in [-0.1, -0.05) is 66.8 Å². The predicted octanol–water partition coefficient (Wildman–Crippen LogP) is 4.24. The Bertz CT molecular complexity index is 1760. The highest BCUT2D eigenvalue weighted by Crippen LogP contribution is 2.30. The van der Waals surface area contributed by atoms with Crippen molar-refractivity contribution in [3.63, 3.8) is 0 Å². The Morgan fingerprint density at radius 2 is 1.96 bits per heavy atom. The van der Waals surface area contributed by atoms with Gasteiger partial charge in [-0.05, 0) is 31.7 Å². The Labute approximate surface area is 186 Å².